The summed E-state index contributed by atoms with van der Waals surface area (Å²) in [7, 11) is 4.78. The molecule has 0 heterocycles. The maximum absolute atomic E-state index is 12.6. The molecule has 2 aromatic carbocycles. The molecule has 0 amide bonds. The lowest BCUT2D eigenvalue weighted by Gasteiger charge is -2.15. The molecule has 0 spiro atoms. The molecule has 2 N–H and O–H groups in total. The van der Waals surface area contributed by atoms with Crippen molar-refractivity contribution in [3.05, 3.63) is 53.6 Å². The number of hydrogen-bond donors (Lipinski definition) is 2. The van der Waals surface area contributed by atoms with Crippen molar-refractivity contribution < 1.29 is 27.7 Å². The normalized spacial score (nSPS) is 11.4. The molecule has 7 nitrogen and oxygen atoms in total. The third kappa shape index (κ3) is 8.67. The fourth-order valence-electron chi connectivity index (χ4n) is 2.72. The molecule has 2 aromatic rings. The van der Waals surface area contributed by atoms with Crippen LogP contribution in [0.2, 0.25) is 0 Å². The van der Waals surface area contributed by atoms with E-state index in [1.807, 2.05) is 24.3 Å². The average molecular weight is 437 g/mol. The Morgan fingerprint density at radius 1 is 1.00 bits per heavy atom. The largest absolute Gasteiger partial charge is 0.497 e. The first-order chi connectivity index (χ1) is 15.0. The molecule has 2 rings (SSSR count). The molecule has 0 aliphatic rings. The van der Waals surface area contributed by atoms with E-state index in [-0.39, 0.29) is 12.3 Å². The maximum Gasteiger partial charge on any atom is 0.387 e. The van der Waals surface area contributed by atoms with Crippen LogP contribution in [0.5, 0.6) is 17.2 Å². The molecule has 0 saturated heterocycles. The molecule has 170 valence electrons. The first kappa shape index (κ1) is 24.2. The number of nitrogens with one attached hydrogen (secondary N) is 2. The number of guanidine groups is 1. The second-order valence-electron chi connectivity index (χ2n) is 6.46. The van der Waals surface area contributed by atoms with Gasteiger partial charge in [0.05, 0.1) is 20.8 Å². The molecule has 0 atom stereocenters. The highest BCUT2D eigenvalue weighted by Gasteiger charge is 2.11. The van der Waals surface area contributed by atoms with Gasteiger partial charge in [-0.2, -0.15) is 8.78 Å². The smallest absolute Gasteiger partial charge is 0.387 e. The monoisotopic (exact) mass is 437 g/mol. The third-order valence-electron chi connectivity index (χ3n) is 4.34. The maximum atomic E-state index is 12.6. The number of methoxy groups -OCH3 is 2. The predicted molar refractivity (Wildman–Crippen MR) is 115 cm³/mol. The highest BCUT2D eigenvalue weighted by Crippen LogP contribution is 2.25. The van der Waals surface area contributed by atoms with E-state index in [9.17, 15) is 8.78 Å². The number of benzene rings is 2. The van der Waals surface area contributed by atoms with Crippen molar-refractivity contribution in [2.45, 2.75) is 26.2 Å². The molecule has 0 aliphatic carbocycles. The van der Waals surface area contributed by atoms with E-state index in [0.29, 0.717) is 37.0 Å². The van der Waals surface area contributed by atoms with E-state index in [2.05, 4.69) is 20.4 Å². The summed E-state index contributed by atoms with van der Waals surface area (Å²) in [4.78, 5) is 4.14. The molecule has 0 fully saturated rings. The van der Waals surface area contributed by atoms with Gasteiger partial charge in [-0.3, -0.25) is 4.99 Å². The Balaban J connectivity index is 1.72. The lowest BCUT2D eigenvalue weighted by atomic mass is 10.2. The SMILES string of the molecule is CN=C(NCCCOCc1ccc(OC)cc1)NCc1cc(OC)ccc1OC(F)F. The van der Waals surface area contributed by atoms with E-state index < -0.39 is 6.61 Å². The summed E-state index contributed by atoms with van der Waals surface area (Å²) in [6.45, 7) is -0.909. The molecular formula is C22H29F2N3O4. The minimum atomic E-state index is -2.90. The molecule has 0 bridgehead atoms. The first-order valence-corrected chi connectivity index (χ1v) is 9.82. The molecule has 0 radical (unpaired) electrons. The van der Waals surface area contributed by atoms with Crippen LogP contribution in [-0.2, 0) is 17.9 Å². The summed E-state index contributed by atoms with van der Waals surface area (Å²) in [6, 6.07) is 12.4. The predicted octanol–water partition coefficient (Wildman–Crippen LogP) is 3.58. The molecule has 9 heteroatoms. The number of halogens is 2. The van der Waals surface area contributed by atoms with Gasteiger partial charge in [0.1, 0.15) is 17.2 Å². The fraction of sp³-hybridized carbons (Fsp3) is 0.409. The van der Waals surface area contributed by atoms with Crippen molar-refractivity contribution in [3.63, 3.8) is 0 Å². The third-order valence-corrected chi connectivity index (χ3v) is 4.34. The highest BCUT2D eigenvalue weighted by molar-refractivity contribution is 5.79. The van der Waals surface area contributed by atoms with Crippen LogP contribution in [-0.4, -0.2) is 47.0 Å². The van der Waals surface area contributed by atoms with E-state index >= 15 is 0 Å². The van der Waals surface area contributed by atoms with Crippen molar-refractivity contribution in [1.82, 2.24) is 10.6 Å². The van der Waals surface area contributed by atoms with Crippen LogP contribution in [0, 0.1) is 0 Å². The van der Waals surface area contributed by atoms with Crippen molar-refractivity contribution in [2.24, 2.45) is 4.99 Å². The number of rotatable bonds is 12. The van der Waals surface area contributed by atoms with Crippen LogP contribution < -0.4 is 24.8 Å². The molecule has 0 aromatic heterocycles. The highest BCUT2D eigenvalue weighted by atomic mass is 19.3. The van der Waals surface area contributed by atoms with Gasteiger partial charge in [0.15, 0.2) is 5.96 Å². The summed E-state index contributed by atoms with van der Waals surface area (Å²) in [5.74, 6) is 2.00. The lowest BCUT2D eigenvalue weighted by molar-refractivity contribution is -0.0505. The summed E-state index contributed by atoms with van der Waals surface area (Å²) in [6.07, 6.45) is 0.774. The Bertz CT molecular complexity index is 817. The Labute approximate surface area is 181 Å². The average Bonchev–Trinajstić information content (AvgIpc) is 2.78. The quantitative estimate of drug-likeness (QED) is 0.300. The van der Waals surface area contributed by atoms with Gasteiger partial charge in [0, 0.05) is 32.3 Å². The fourth-order valence-corrected chi connectivity index (χ4v) is 2.72. The summed E-state index contributed by atoms with van der Waals surface area (Å²) in [5.41, 5.74) is 1.61. The number of hydrogen-bond acceptors (Lipinski definition) is 5. The molecule has 0 saturated carbocycles. The first-order valence-electron chi connectivity index (χ1n) is 9.82. The van der Waals surface area contributed by atoms with Crippen LogP contribution in [0.1, 0.15) is 17.5 Å². The van der Waals surface area contributed by atoms with Crippen LogP contribution >= 0.6 is 0 Å². The van der Waals surface area contributed by atoms with Crippen molar-refractivity contribution in [1.29, 1.82) is 0 Å². The van der Waals surface area contributed by atoms with Crippen LogP contribution in [0.15, 0.2) is 47.5 Å². The van der Waals surface area contributed by atoms with Gasteiger partial charge in [0.2, 0.25) is 0 Å². The Kier molecular flexibility index (Phi) is 10.4. The minimum absolute atomic E-state index is 0.0886. The van der Waals surface area contributed by atoms with Gasteiger partial charge in [-0.25, -0.2) is 0 Å². The standard InChI is InChI=1S/C22H29F2N3O4/c1-25-22(26-11-4-12-30-15-16-5-7-18(28-2)8-6-16)27-14-17-13-19(29-3)9-10-20(17)31-21(23)24/h5-10,13,21H,4,11-12,14-15H2,1-3H3,(H2,25,26,27). The van der Waals surface area contributed by atoms with E-state index in [0.717, 1.165) is 17.7 Å². The number of ether oxygens (including phenoxy) is 4. The van der Waals surface area contributed by atoms with Gasteiger partial charge in [-0.1, -0.05) is 12.1 Å². The van der Waals surface area contributed by atoms with Crippen molar-refractivity contribution >= 4 is 5.96 Å². The Hall–Kier alpha value is -3.07. The summed E-state index contributed by atoms with van der Waals surface area (Å²) >= 11 is 0. The van der Waals surface area contributed by atoms with Gasteiger partial charge < -0.3 is 29.6 Å². The van der Waals surface area contributed by atoms with Crippen molar-refractivity contribution in [3.8, 4) is 17.2 Å². The van der Waals surface area contributed by atoms with E-state index in [1.54, 1.807) is 26.3 Å². The summed E-state index contributed by atoms with van der Waals surface area (Å²) < 4.78 is 45.8. The second kappa shape index (κ2) is 13.3. The number of nitrogens with zero attached hydrogens (tertiary/aromatic N) is 1. The van der Waals surface area contributed by atoms with Gasteiger partial charge >= 0.3 is 6.61 Å². The molecule has 0 aliphatic heterocycles. The molecular weight excluding hydrogens is 408 g/mol. The van der Waals surface area contributed by atoms with Crippen molar-refractivity contribution in [2.75, 3.05) is 34.4 Å². The zero-order chi connectivity index (χ0) is 22.5. The van der Waals surface area contributed by atoms with Crippen LogP contribution in [0.4, 0.5) is 8.78 Å². The lowest BCUT2D eigenvalue weighted by Crippen LogP contribution is -2.37. The van der Waals surface area contributed by atoms with Gasteiger partial charge in [-0.15, -0.1) is 0 Å². The second-order valence-corrected chi connectivity index (χ2v) is 6.46. The zero-order valence-electron chi connectivity index (χ0n) is 18.0. The van der Waals surface area contributed by atoms with E-state index in [4.69, 9.17) is 14.2 Å². The van der Waals surface area contributed by atoms with Gasteiger partial charge in [-0.05, 0) is 42.3 Å². The van der Waals surface area contributed by atoms with Crippen LogP contribution in [0.25, 0.3) is 0 Å². The van der Waals surface area contributed by atoms with Crippen LogP contribution in [0.3, 0.4) is 0 Å². The topological polar surface area (TPSA) is 73.3 Å². The van der Waals surface area contributed by atoms with E-state index in [1.165, 1.54) is 13.2 Å². The summed E-state index contributed by atoms with van der Waals surface area (Å²) in [5, 5.41) is 6.25. The Morgan fingerprint density at radius 2 is 1.71 bits per heavy atom. The Morgan fingerprint density at radius 3 is 2.35 bits per heavy atom. The molecule has 0 unspecified atom stereocenters. The van der Waals surface area contributed by atoms with Gasteiger partial charge in [0.25, 0.3) is 0 Å². The zero-order valence-corrected chi connectivity index (χ0v) is 18.0. The molecule has 31 heavy (non-hydrogen) atoms. The number of alkyl halides is 2. The number of aliphatic imine (C=N–C) groups is 1. The minimum Gasteiger partial charge on any atom is -0.497 e.